The van der Waals surface area contributed by atoms with Crippen molar-refractivity contribution in [1.82, 2.24) is 15.0 Å². The van der Waals surface area contributed by atoms with Gasteiger partial charge in [-0.25, -0.2) is 4.79 Å². The van der Waals surface area contributed by atoms with Crippen molar-refractivity contribution >= 4 is 5.97 Å². The van der Waals surface area contributed by atoms with Crippen molar-refractivity contribution < 1.29 is 14.6 Å². The van der Waals surface area contributed by atoms with E-state index in [1.807, 2.05) is 12.1 Å². The van der Waals surface area contributed by atoms with E-state index in [-0.39, 0.29) is 5.69 Å². The van der Waals surface area contributed by atoms with Crippen LogP contribution in [-0.4, -0.2) is 32.7 Å². The molecule has 2 aromatic rings. The van der Waals surface area contributed by atoms with Crippen LogP contribution in [0.25, 0.3) is 11.3 Å². The number of nitrogens with zero attached hydrogens (tertiary/aromatic N) is 3. The lowest BCUT2D eigenvalue weighted by atomic mass is 10.1. The van der Waals surface area contributed by atoms with Crippen LogP contribution in [0.1, 0.15) is 16.1 Å². The topological polar surface area (TPSA) is 77.2 Å². The van der Waals surface area contributed by atoms with E-state index in [9.17, 15) is 4.79 Å². The van der Waals surface area contributed by atoms with Crippen LogP contribution in [0.2, 0.25) is 0 Å². The molecule has 0 unspecified atom stereocenters. The van der Waals surface area contributed by atoms with Gasteiger partial charge in [-0.15, -0.1) is 5.10 Å². The molecule has 0 saturated carbocycles. The number of fused-ring (bicyclic) bond motifs is 1. The lowest BCUT2D eigenvalue weighted by molar-refractivity contribution is 0.0690. The number of aryl methyl sites for hydroxylation is 1. The molecule has 2 heterocycles. The predicted molar refractivity (Wildman–Crippen MR) is 62.6 cm³/mol. The van der Waals surface area contributed by atoms with Gasteiger partial charge in [-0.05, 0) is 23.8 Å². The summed E-state index contributed by atoms with van der Waals surface area (Å²) >= 11 is 0. The highest BCUT2D eigenvalue weighted by Gasteiger charge is 2.20. The molecule has 0 atom stereocenters. The van der Waals surface area contributed by atoms with E-state index in [1.165, 1.54) is 4.80 Å². The highest BCUT2D eigenvalue weighted by atomic mass is 16.5. The highest BCUT2D eigenvalue weighted by molar-refractivity contribution is 5.92. The summed E-state index contributed by atoms with van der Waals surface area (Å²) in [7, 11) is 1.60. The van der Waals surface area contributed by atoms with Crippen molar-refractivity contribution in [2.75, 3.05) is 6.61 Å². The Balaban J connectivity index is 2.12. The van der Waals surface area contributed by atoms with Crippen molar-refractivity contribution in [2.45, 2.75) is 6.42 Å². The SMILES string of the molecule is Cn1nc(C(=O)O)c(-c2ccc3c(c2)CCO3)n1. The van der Waals surface area contributed by atoms with Crippen LogP contribution in [0.4, 0.5) is 0 Å². The second-order valence-corrected chi connectivity index (χ2v) is 4.11. The van der Waals surface area contributed by atoms with Crippen molar-refractivity contribution in [3.05, 3.63) is 29.5 Å². The lowest BCUT2D eigenvalue weighted by Gasteiger charge is -2.01. The molecule has 6 heteroatoms. The molecule has 0 spiro atoms. The number of ether oxygens (including phenoxy) is 1. The minimum Gasteiger partial charge on any atom is -0.493 e. The first-order valence-corrected chi connectivity index (χ1v) is 5.56. The normalized spacial score (nSPS) is 13.2. The van der Waals surface area contributed by atoms with Crippen molar-refractivity contribution in [3.8, 4) is 17.0 Å². The zero-order valence-corrected chi connectivity index (χ0v) is 9.75. The first-order valence-electron chi connectivity index (χ1n) is 5.56. The molecule has 0 amide bonds. The van der Waals surface area contributed by atoms with Gasteiger partial charge in [-0.1, -0.05) is 0 Å². The Morgan fingerprint density at radius 3 is 3.06 bits per heavy atom. The molecular weight excluding hydrogens is 234 g/mol. The number of benzene rings is 1. The van der Waals surface area contributed by atoms with Crippen LogP contribution in [-0.2, 0) is 13.5 Å². The molecule has 0 aliphatic carbocycles. The standard InChI is InChI=1S/C12H11N3O3/c1-15-13-10(11(14-15)12(16)17)8-2-3-9-7(6-8)4-5-18-9/h2-3,6H,4-5H2,1H3,(H,16,17). The highest BCUT2D eigenvalue weighted by Crippen LogP contribution is 2.30. The molecule has 18 heavy (non-hydrogen) atoms. The number of carboxylic acids is 1. The maximum absolute atomic E-state index is 11.1. The number of aromatic carboxylic acids is 1. The fourth-order valence-electron chi connectivity index (χ4n) is 2.08. The quantitative estimate of drug-likeness (QED) is 0.857. The predicted octanol–water partition coefficient (Wildman–Crippen LogP) is 1.12. The van der Waals surface area contributed by atoms with Gasteiger partial charge in [-0.2, -0.15) is 9.90 Å². The van der Waals surface area contributed by atoms with E-state index in [4.69, 9.17) is 9.84 Å². The minimum atomic E-state index is -1.07. The smallest absolute Gasteiger partial charge is 0.358 e. The molecule has 92 valence electrons. The first kappa shape index (κ1) is 10.8. The summed E-state index contributed by atoms with van der Waals surface area (Å²) in [6.45, 7) is 0.672. The van der Waals surface area contributed by atoms with Crippen LogP contribution >= 0.6 is 0 Å². The maximum atomic E-state index is 11.1. The molecule has 1 aromatic carbocycles. The third-order valence-corrected chi connectivity index (χ3v) is 2.88. The monoisotopic (exact) mass is 245 g/mol. The molecule has 1 aliphatic heterocycles. The molecule has 1 N–H and O–H groups in total. The van der Waals surface area contributed by atoms with Crippen molar-refractivity contribution in [2.24, 2.45) is 7.05 Å². The Morgan fingerprint density at radius 2 is 2.28 bits per heavy atom. The van der Waals surface area contributed by atoms with Gasteiger partial charge in [0.25, 0.3) is 0 Å². The van der Waals surface area contributed by atoms with Crippen LogP contribution in [0.3, 0.4) is 0 Å². The molecule has 0 bridgehead atoms. The molecule has 0 fully saturated rings. The Hall–Kier alpha value is -2.37. The van der Waals surface area contributed by atoms with Gasteiger partial charge in [0.15, 0.2) is 5.69 Å². The number of aromatic nitrogens is 3. The largest absolute Gasteiger partial charge is 0.493 e. The van der Waals surface area contributed by atoms with Crippen molar-refractivity contribution in [3.63, 3.8) is 0 Å². The lowest BCUT2D eigenvalue weighted by Crippen LogP contribution is -2.00. The summed E-state index contributed by atoms with van der Waals surface area (Å²) in [6, 6.07) is 5.57. The number of hydrogen-bond acceptors (Lipinski definition) is 4. The zero-order chi connectivity index (χ0) is 12.7. The van der Waals surface area contributed by atoms with Crippen LogP contribution in [0.15, 0.2) is 18.2 Å². The van der Waals surface area contributed by atoms with Gasteiger partial charge in [0.05, 0.1) is 6.61 Å². The summed E-state index contributed by atoms with van der Waals surface area (Å²) < 4.78 is 5.41. The first-order chi connectivity index (χ1) is 8.65. The summed E-state index contributed by atoms with van der Waals surface area (Å²) in [5.74, 6) is -0.214. The third kappa shape index (κ3) is 1.62. The van der Waals surface area contributed by atoms with Gasteiger partial charge in [0.1, 0.15) is 11.4 Å². The van der Waals surface area contributed by atoms with Gasteiger partial charge < -0.3 is 9.84 Å². The Labute approximate surface area is 103 Å². The molecular formula is C12H11N3O3. The summed E-state index contributed by atoms with van der Waals surface area (Å²) in [5.41, 5.74) is 2.19. The maximum Gasteiger partial charge on any atom is 0.358 e. The molecule has 1 aromatic heterocycles. The fraction of sp³-hybridized carbons (Fsp3) is 0.250. The van der Waals surface area contributed by atoms with E-state index in [0.29, 0.717) is 12.3 Å². The fourth-order valence-corrected chi connectivity index (χ4v) is 2.08. The average molecular weight is 245 g/mol. The Kier molecular flexibility index (Phi) is 2.29. The van der Waals surface area contributed by atoms with E-state index in [1.54, 1.807) is 13.1 Å². The molecule has 0 radical (unpaired) electrons. The van der Waals surface area contributed by atoms with Gasteiger partial charge in [-0.3, -0.25) is 0 Å². The zero-order valence-electron chi connectivity index (χ0n) is 9.75. The van der Waals surface area contributed by atoms with Gasteiger partial charge >= 0.3 is 5.97 Å². The molecule has 3 rings (SSSR count). The average Bonchev–Trinajstić information content (AvgIpc) is 2.93. The minimum absolute atomic E-state index is 0.0311. The van der Waals surface area contributed by atoms with Crippen LogP contribution < -0.4 is 4.74 Å². The number of carbonyl (C=O) groups is 1. The number of hydrogen-bond donors (Lipinski definition) is 1. The van der Waals surface area contributed by atoms with E-state index in [0.717, 1.165) is 23.3 Å². The second-order valence-electron chi connectivity index (χ2n) is 4.11. The van der Waals surface area contributed by atoms with Crippen LogP contribution in [0, 0.1) is 0 Å². The van der Waals surface area contributed by atoms with Crippen molar-refractivity contribution in [1.29, 1.82) is 0 Å². The molecule has 6 nitrogen and oxygen atoms in total. The second kappa shape index (κ2) is 3.83. The molecule has 1 aliphatic rings. The summed E-state index contributed by atoms with van der Waals surface area (Å²) in [6.07, 6.45) is 0.839. The summed E-state index contributed by atoms with van der Waals surface area (Å²) in [5, 5.41) is 17.1. The van der Waals surface area contributed by atoms with Crippen LogP contribution in [0.5, 0.6) is 5.75 Å². The summed E-state index contributed by atoms with van der Waals surface area (Å²) in [4.78, 5) is 12.4. The third-order valence-electron chi connectivity index (χ3n) is 2.88. The Morgan fingerprint density at radius 1 is 1.44 bits per heavy atom. The van der Waals surface area contributed by atoms with Gasteiger partial charge in [0, 0.05) is 19.0 Å². The Bertz CT molecular complexity index is 633. The van der Waals surface area contributed by atoms with E-state index >= 15 is 0 Å². The molecule has 0 saturated heterocycles. The van der Waals surface area contributed by atoms with E-state index in [2.05, 4.69) is 10.2 Å². The van der Waals surface area contributed by atoms with E-state index < -0.39 is 5.97 Å². The van der Waals surface area contributed by atoms with Gasteiger partial charge in [0.2, 0.25) is 0 Å². The number of carboxylic acid groups (broad SMARTS) is 1. The number of rotatable bonds is 2.